The Morgan fingerprint density at radius 2 is 2.33 bits per heavy atom. The van der Waals surface area contributed by atoms with Gasteiger partial charge in [-0.15, -0.1) is 0 Å². The highest BCUT2D eigenvalue weighted by molar-refractivity contribution is 5.99. The molecule has 1 aliphatic rings. The predicted octanol–water partition coefficient (Wildman–Crippen LogP) is 1.21. The summed E-state index contributed by atoms with van der Waals surface area (Å²) in [6.45, 7) is 1.52. The number of fused-ring (bicyclic) bond motifs is 1. The molecular weight excluding hydrogens is 266 g/mol. The van der Waals surface area contributed by atoms with Gasteiger partial charge in [0.05, 0.1) is 5.52 Å². The molecule has 1 fully saturated rings. The largest absolute Gasteiger partial charge is 0.337 e. The van der Waals surface area contributed by atoms with Gasteiger partial charge in [-0.1, -0.05) is 0 Å². The molecule has 1 aromatic carbocycles. The molecule has 0 radical (unpaired) electrons. The zero-order valence-electron chi connectivity index (χ0n) is 12.1. The van der Waals surface area contributed by atoms with E-state index in [0.717, 1.165) is 25.0 Å². The number of carbonyl (C=O) groups excluding carboxylic acids is 1. The van der Waals surface area contributed by atoms with Crippen molar-refractivity contribution in [2.24, 2.45) is 0 Å². The lowest BCUT2D eigenvalue weighted by molar-refractivity contribution is 0.0783. The van der Waals surface area contributed by atoms with E-state index in [9.17, 15) is 4.79 Å². The normalized spacial score (nSPS) is 18.4. The Hall–Kier alpha value is -2.39. The van der Waals surface area contributed by atoms with Crippen molar-refractivity contribution >= 4 is 16.8 Å². The molecule has 2 heterocycles. The number of nitriles is 1. The highest BCUT2D eigenvalue weighted by Crippen LogP contribution is 2.21. The fourth-order valence-electron chi connectivity index (χ4n) is 2.76. The molecule has 1 saturated heterocycles. The number of hydrogen-bond donors (Lipinski definition) is 1. The van der Waals surface area contributed by atoms with E-state index in [1.807, 2.05) is 25.1 Å². The van der Waals surface area contributed by atoms with E-state index in [1.165, 1.54) is 0 Å². The van der Waals surface area contributed by atoms with Crippen molar-refractivity contribution in [3.8, 4) is 6.07 Å². The van der Waals surface area contributed by atoms with E-state index in [4.69, 9.17) is 5.26 Å². The van der Waals surface area contributed by atoms with Gasteiger partial charge in [0.2, 0.25) is 0 Å². The van der Waals surface area contributed by atoms with Crippen LogP contribution in [0.15, 0.2) is 18.2 Å². The zero-order valence-corrected chi connectivity index (χ0v) is 12.1. The molecule has 21 heavy (non-hydrogen) atoms. The van der Waals surface area contributed by atoms with Gasteiger partial charge in [0.15, 0.2) is 5.69 Å². The molecule has 1 aromatic heterocycles. The van der Waals surface area contributed by atoms with Crippen molar-refractivity contribution in [2.75, 3.05) is 27.2 Å². The second-order valence-corrected chi connectivity index (χ2v) is 5.60. The van der Waals surface area contributed by atoms with Crippen LogP contribution in [0.4, 0.5) is 0 Å². The predicted molar refractivity (Wildman–Crippen MR) is 78.8 cm³/mol. The molecule has 1 aliphatic heterocycles. The average molecular weight is 283 g/mol. The van der Waals surface area contributed by atoms with Gasteiger partial charge in [-0.3, -0.25) is 9.89 Å². The van der Waals surface area contributed by atoms with Gasteiger partial charge < -0.3 is 9.80 Å². The number of nitrogens with one attached hydrogen (secondary N) is 1. The van der Waals surface area contributed by atoms with Crippen LogP contribution in [0.3, 0.4) is 0 Å². The molecule has 0 bridgehead atoms. The second kappa shape index (κ2) is 5.19. The Kier molecular flexibility index (Phi) is 3.35. The number of nitrogens with zero attached hydrogens (tertiary/aromatic N) is 4. The monoisotopic (exact) mass is 283 g/mol. The molecule has 3 rings (SSSR count). The number of aromatic nitrogens is 2. The fourth-order valence-corrected chi connectivity index (χ4v) is 2.76. The summed E-state index contributed by atoms with van der Waals surface area (Å²) in [7, 11) is 4.07. The number of carbonyl (C=O) groups is 1. The standard InChI is InChI=1S/C15H17N5O/c1-19(2)11-5-6-20(9-11)15(21)10-3-4-13-12(7-10)14(8-16)18-17-13/h3-4,7,11H,5-6,9H2,1-2H3,(H,17,18)/t11-/m0/s1. The number of amides is 1. The molecular formula is C15H17N5O. The third kappa shape index (κ3) is 2.36. The number of aromatic amines is 1. The molecule has 1 N–H and O–H groups in total. The van der Waals surface area contributed by atoms with Crippen LogP contribution in [-0.4, -0.2) is 59.1 Å². The van der Waals surface area contributed by atoms with Gasteiger partial charge in [0, 0.05) is 30.1 Å². The first kappa shape index (κ1) is 13.6. The summed E-state index contributed by atoms with van der Waals surface area (Å²) in [5.41, 5.74) is 1.71. The third-order valence-electron chi connectivity index (χ3n) is 4.10. The van der Waals surface area contributed by atoms with Gasteiger partial charge in [-0.25, -0.2) is 0 Å². The molecule has 6 heteroatoms. The summed E-state index contributed by atoms with van der Waals surface area (Å²) in [6.07, 6.45) is 0.996. The van der Waals surface area contributed by atoms with Gasteiger partial charge in [0.25, 0.3) is 5.91 Å². The number of H-pyrrole nitrogens is 1. The first-order valence-corrected chi connectivity index (χ1v) is 6.94. The first-order chi connectivity index (χ1) is 10.1. The molecule has 1 amide bonds. The number of rotatable bonds is 2. The minimum atomic E-state index is 0.0198. The summed E-state index contributed by atoms with van der Waals surface area (Å²) in [4.78, 5) is 16.6. The van der Waals surface area contributed by atoms with Crippen molar-refractivity contribution in [1.29, 1.82) is 5.26 Å². The quantitative estimate of drug-likeness (QED) is 0.899. The lowest BCUT2D eigenvalue weighted by Crippen LogP contribution is -2.34. The number of likely N-dealkylation sites (N-methyl/N-ethyl adjacent to an activating group) is 1. The SMILES string of the molecule is CN(C)[C@H]1CCN(C(=O)c2ccc3[nH]nc(C#N)c3c2)C1. The second-order valence-electron chi connectivity index (χ2n) is 5.60. The highest BCUT2D eigenvalue weighted by Gasteiger charge is 2.28. The molecule has 6 nitrogen and oxygen atoms in total. The summed E-state index contributed by atoms with van der Waals surface area (Å²) >= 11 is 0. The van der Waals surface area contributed by atoms with E-state index in [2.05, 4.69) is 15.1 Å². The van der Waals surface area contributed by atoms with Crippen LogP contribution in [0.5, 0.6) is 0 Å². The maximum absolute atomic E-state index is 12.6. The fraction of sp³-hybridized carbons (Fsp3) is 0.400. The highest BCUT2D eigenvalue weighted by atomic mass is 16.2. The average Bonchev–Trinajstić information content (AvgIpc) is 3.12. The molecule has 108 valence electrons. The topological polar surface area (TPSA) is 76.0 Å². The Bertz CT molecular complexity index is 727. The number of hydrogen-bond acceptors (Lipinski definition) is 4. The summed E-state index contributed by atoms with van der Waals surface area (Å²) in [5, 5.41) is 16.5. The van der Waals surface area contributed by atoms with Crippen LogP contribution in [0.2, 0.25) is 0 Å². The lowest BCUT2D eigenvalue weighted by atomic mass is 10.1. The van der Waals surface area contributed by atoms with Crippen LogP contribution in [0, 0.1) is 11.3 Å². The molecule has 0 saturated carbocycles. The van der Waals surface area contributed by atoms with Crippen LogP contribution in [0.25, 0.3) is 10.9 Å². The minimum Gasteiger partial charge on any atom is -0.337 e. The van der Waals surface area contributed by atoms with Gasteiger partial charge in [0.1, 0.15) is 6.07 Å². The van der Waals surface area contributed by atoms with Crippen LogP contribution in [0.1, 0.15) is 22.5 Å². The van der Waals surface area contributed by atoms with Gasteiger partial charge in [-0.05, 0) is 38.7 Å². The van der Waals surface area contributed by atoms with Crippen LogP contribution < -0.4 is 0 Å². The van der Waals surface area contributed by atoms with E-state index >= 15 is 0 Å². The van der Waals surface area contributed by atoms with E-state index in [0.29, 0.717) is 22.7 Å². The van der Waals surface area contributed by atoms with Crippen LogP contribution >= 0.6 is 0 Å². The van der Waals surface area contributed by atoms with Crippen molar-refractivity contribution in [2.45, 2.75) is 12.5 Å². The zero-order chi connectivity index (χ0) is 15.0. The summed E-state index contributed by atoms with van der Waals surface area (Å²) < 4.78 is 0. The van der Waals surface area contributed by atoms with Crippen molar-refractivity contribution in [1.82, 2.24) is 20.0 Å². The van der Waals surface area contributed by atoms with E-state index in [1.54, 1.807) is 18.2 Å². The Labute approximate surface area is 122 Å². The Balaban J connectivity index is 1.87. The minimum absolute atomic E-state index is 0.0198. The smallest absolute Gasteiger partial charge is 0.253 e. The molecule has 2 aromatic rings. The van der Waals surface area contributed by atoms with Crippen molar-refractivity contribution in [3.05, 3.63) is 29.5 Å². The van der Waals surface area contributed by atoms with Gasteiger partial charge in [-0.2, -0.15) is 10.4 Å². The van der Waals surface area contributed by atoms with E-state index < -0.39 is 0 Å². The molecule has 0 unspecified atom stereocenters. The summed E-state index contributed by atoms with van der Waals surface area (Å²) in [6, 6.07) is 7.79. The van der Waals surface area contributed by atoms with Crippen molar-refractivity contribution in [3.63, 3.8) is 0 Å². The first-order valence-electron chi connectivity index (χ1n) is 6.94. The third-order valence-corrected chi connectivity index (χ3v) is 4.10. The summed E-state index contributed by atoms with van der Waals surface area (Å²) in [5.74, 6) is 0.0198. The van der Waals surface area contributed by atoms with Crippen molar-refractivity contribution < 1.29 is 4.79 Å². The maximum Gasteiger partial charge on any atom is 0.253 e. The van der Waals surface area contributed by atoms with Gasteiger partial charge >= 0.3 is 0 Å². The molecule has 0 aliphatic carbocycles. The maximum atomic E-state index is 12.6. The molecule has 0 spiro atoms. The Morgan fingerprint density at radius 3 is 3.00 bits per heavy atom. The Morgan fingerprint density at radius 1 is 1.52 bits per heavy atom. The lowest BCUT2D eigenvalue weighted by Gasteiger charge is -2.20. The molecule has 1 atom stereocenters. The number of benzene rings is 1. The van der Waals surface area contributed by atoms with E-state index in [-0.39, 0.29) is 5.91 Å². The van der Waals surface area contributed by atoms with Crippen LogP contribution in [-0.2, 0) is 0 Å². The number of likely N-dealkylation sites (tertiary alicyclic amines) is 1.